The van der Waals surface area contributed by atoms with E-state index in [1.165, 1.54) is 23.3 Å². The number of rotatable bonds is 2. The van der Waals surface area contributed by atoms with Crippen LogP contribution in [0.25, 0.3) is 0 Å². The van der Waals surface area contributed by atoms with E-state index in [0.717, 1.165) is 25.1 Å². The average molecular weight is 259 g/mol. The van der Waals surface area contributed by atoms with Gasteiger partial charge in [-0.05, 0) is 35.2 Å². The number of nitrogens with one attached hydrogen (secondary N) is 1. The van der Waals surface area contributed by atoms with Gasteiger partial charge in [-0.25, -0.2) is 8.78 Å². The lowest BCUT2D eigenvalue weighted by atomic mass is 9.86. The van der Waals surface area contributed by atoms with E-state index < -0.39 is 11.6 Å². The van der Waals surface area contributed by atoms with Gasteiger partial charge < -0.3 is 5.32 Å². The molecule has 1 unspecified atom stereocenters. The summed E-state index contributed by atoms with van der Waals surface area (Å²) in [6.45, 7) is 1.75. The van der Waals surface area contributed by atoms with E-state index in [9.17, 15) is 8.78 Å². The summed E-state index contributed by atoms with van der Waals surface area (Å²) in [4.78, 5) is 0. The second-order valence-corrected chi connectivity index (χ2v) is 4.98. The second-order valence-electron chi connectivity index (χ2n) is 4.98. The molecule has 1 N–H and O–H groups in total. The number of fused-ring (bicyclic) bond motifs is 1. The van der Waals surface area contributed by atoms with Crippen LogP contribution < -0.4 is 5.32 Å². The van der Waals surface area contributed by atoms with E-state index in [-0.39, 0.29) is 0 Å². The fourth-order valence-electron chi connectivity index (χ4n) is 2.72. The number of benzene rings is 2. The van der Waals surface area contributed by atoms with Gasteiger partial charge in [0.15, 0.2) is 11.6 Å². The van der Waals surface area contributed by atoms with Gasteiger partial charge in [-0.15, -0.1) is 0 Å². The molecule has 3 rings (SSSR count). The highest BCUT2D eigenvalue weighted by molar-refractivity contribution is 5.34. The van der Waals surface area contributed by atoms with Gasteiger partial charge in [0.1, 0.15) is 0 Å². The van der Waals surface area contributed by atoms with Crippen LogP contribution in [0.2, 0.25) is 0 Å². The van der Waals surface area contributed by atoms with E-state index in [1.54, 1.807) is 6.07 Å². The van der Waals surface area contributed by atoms with E-state index in [2.05, 4.69) is 17.4 Å². The molecule has 0 spiro atoms. The molecular weight excluding hydrogens is 244 g/mol. The Hall–Kier alpha value is -1.74. The van der Waals surface area contributed by atoms with Crippen LogP contribution in [0.4, 0.5) is 8.78 Å². The maximum atomic E-state index is 13.2. The molecule has 1 aliphatic rings. The van der Waals surface area contributed by atoms with Gasteiger partial charge in [-0.1, -0.05) is 30.3 Å². The van der Waals surface area contributed by atoms with Crippen LogP contribution in [0.15, 0.2) is 42.5 Å². The van der Waals surface area contributed by atoms with Gasteiger partial charge in [0, 0.05) is 19.0 Å². The standard InChI is InChI=1S/C16H15F2N/c17-15-6-5-11(8-16(15)18)7-13-10-19-9-12-3-1-2-4-14(12)13/h1-6,8,13,19H,7,9-10H2. The van der Waals surface area contributed by atoms with Crippen molar-refractivity contribution in [3.63, 3.8) is 0 Å². The molecule has 0 fully saturated rings. The minimum atomic E-state index is -0.786. The highest BCUT2D eigenvalue weighted by Crippen LogP contribution is 2.27. The molecule has 0 bridgehead atoms. The van der Waals surface area contributed by atoms with Crippen molar-refractivity contribution in [3.05, 3.63) is 70.8 Å². The summed E-state index contributed by atoms with van der Waals surface area (Å²) < 4.78 is 26.2. The van der Waals surface area contributed by atoms with E-state index in [0.29, 0.717) is 5.92 Å². The first-order valence-electron chi connectivity index (χ1n) is 6.46. The molecule has 0 amide bonds. The Morgan fingerprint density at radius 1 is 1.05 bits per heavy atom. The first kappa shape index (κ1) is 12.3. The largest absolute Gasteiger partial charge is 0.312 e. The fraction of sp³-hybridized carbons (Fsp3) is 0.250. The average Bonchev–Trinajstić information content (AvgIpc) is 2.43. The Morgan fingerprint density at radius 2 is 1.89 bits per heavy atom. The topological polar surface area (TPSA) is 12.0 Å². The summed E-state index contributed by atoms with van der Waals surface area (Å²) in [7, 11) is 0. The Kier molecular flexibility index (Phi) is 3.30. The first-order chi connectivity index (χ1) is 9.24. The monoisotopic (exact) mass is 259 g/mol. The van der Waals surface area contributed by atoms with Crippen LogP contribution in [0, 0.1) is 11.6 Å². The third-order valence-electron chi connectivity index (χ3n) is 3.67. The zero-order valence-corrected chi connectivity index (χ0v) is 10.5. The second kappa shape index (κ2) is 5.10. The Bertz CT molecular complexity index is 595. The maximum Gasteiger partial charge on any atom is 0.159 e. The van der Waals surface area contributed by atoms with Gasteiger partial charge in [0.05, 0.1) is 0 Å². The van der Waals surface area contributed by atoms with E-state index in [1.807, 2.05) is 12.1 Å². The normalized spacial score (nSPS) is 18.1. The molecule has 2 aromatic carbocycles. The number of hydrogen-bond donors (Lipinski definition) is 1. The zero-order chi connectivity index (χ0) is 13.2. The van der Waals surface area contributed by atoms with Crippen molar-refractivity contribution in [1.82, 2.24) is 5.32 Å². The van der Waals surface area contributed by atoms with Crippen molar-refractivity contribution in [1.29, 1.82) is 0 Å². The van der Waals surface area contributed by atoms with Crippen molar-refractivity contribution in [2.45, 2.75) is 18.9 Å². The Morgan fingerprint density at radius 3 is 2.74 bits per heavy atom. The summed E-state index contributed by atoms with van der Waals surface area (Å²) in [6, 6.07) is 12.5. The highest BCUT2D eigenvalue weighted by Gasteiger charge is 2.20. The smallest absolute Gasteiger partial charge is 0.159 e. The first-order valence-corrected chi connectivity index (χ1v) is 6.46. The molecule has 0 saturated heterocycles. The van der Waals surface area contributed by atoms with E-state index >= 15 is 0 Å². The van der Waals surface area contributed by atoms with Crippen molar-refractivity contribution in [2.75, 3.05) is 6.54 Å². The third kappa shape index (κ3) is 2.51. The molecule has 1 atom stereocenters. The maximum absolute atomic E-state index is 13.2. The molecule has 1 heterocycles. The molecule has 19 heavy (non-hydrogen) atoms. The molecule has 3 heteroatoms. The minimum Gasteiger partial charge on any atom is -0.312 e. The lowest BCUT2D eigenvalue weighted by molar-refractivity contribution is 0.502. The Balaban J connectivity index is 1.86. The molecule has 0 aromatic heterocycles. The van der Waals surface area contributed by atoms with Gasteiger partial charge in [-0.3, -0.25) is 0 Å². The SMILES string of the molecule is Fc1ccc(CC2CNCc3ccccc32)cc1F. The van der Waals surface area contributed by atoms with Crippen LogP contribution >= 0.6 is 0 Å². The van der Waals surface area contributed by atoms with Crippen LogP contribution in [-0.4, -0.2) is 6.54 Å². The number of halogens is 2. The molecule has 0 radical (unpaired) electrons. The van der Waals surface area contributed by atoms with Crippen molar-refractivity contribution in [2.24, 2.45) is 0 Å². The van der Waals surface area contributed by atoms with Crippen molar-refractivity contribution in [3.8, 4) is 0 Å². The van der Waals surface area contributed by atoms with Crippen molar-refractivity contribution >= 4 is 0 Å². The molecule has 1 nitrogen and oxygen atoms in total. The quantitative estimate of drug-likeness (QED) is 0.871. The van der Waals surface area contributed by atoms with Crippen LogP contribution in [0.3, 0.4) is 0 Å². The molecule has 0 aliphatic carbocycles. The zero-order valence-electron chi connectivity index (χ0n) is 10.5. The minimum absolute atomic E-state index is 0.315. The summed E-state index contributed by atoms with van der Waals surface area (Å²) in [6.07, 6.45) is 0.723. The van der Waals surface area contributed by atoms with Gasteiger partial charge >= 0.3 is 0 Å². The van der Waals surface area contributed by atoms with Crippen molar-refractivity contribution < 1.29 is 8.78 Å². The Labute approximate surface area is 111 Å². The van der Waals surface area contributed by atoms with Crippen LogP contribution in [0.5, 0.6) is 0 Å². The molecule has 98 valence electrons. The summed E-state index contributed by atoms with van der Waals surface area (Å²) >= 11 is 0. The number of hydrogen-bond acceptors (Lipinski definition) is 1. The van der Waals surface area contributed by atoms with Gasteiger partial charge in [0.2, 0.25) is 0 Å². The summed E-state index contributed by atoms with van der Waals surface area (Å²) in [5.74, 6) is -1.24. The van der Waals surface area contributed by atoms with Gasteiger partial charge in [-0.2, -0.15) is 0 Å². The van der Waals surface area contributed by atoms with E-state index in [4.69, 9.17) is 0 Å². The lowest BCUT2D eigenvalue weighted by Crippen LogP contribution is -2.29. The predicted octanol–water partition coefficient (Wildman–Crippen LogP) is 3.39. The molecular formula is C16H15F2N. The molecule has 1 aliphatic heterocycles. The third-order valence-corrected chi connectivity index (χ3v) is 3.67. The summed E-state index contributed by atoms with van der Waals surface area (Å²) in [5, 5.41) is 3.37. The molecule has 2 aromatic rings. The lowest BCUT2D eigenvalue weighted by Gasteiger charge is -2.26. The van der Waals surface area contributed by atoms with Gasteiger partial charge in [0.25, 0.3) is 0 Å². The highest BCUT2D eigenvalue weighted by atomic mass is 19.2. The van der Waals surface area contributed by atoms with Crippen LogP contribution in [0.1, 0.15) is 22.6 Å². The summed E-state index contributed by atoms with van der Waals surface area (Å²) in [5.41, 5.74) is 3.44. The van der Waals surface area contributed by atoms with Crippen LogP contribution in [-0.2, 0) is 13.0 Å². The fourth-order valence-corrected chi connectivity index (χ4v) is 2.72. The molecule has 0 saturated carbocycles. The predicted molar refractivity (Wildman–Crippen MR) is 71.0 cm³/mol.